The topological polar surface area (TPSA) is 26.3 Å². The van der Waals surface area contributed by atoms with E-state index in [2.05, 4.69) is 4.74 Å². The molecule has 0 spiro atoms. The van der Waals surface area contributed by atoms with E-state index < -0.39 is 18.5 Å². The van der Waals surface area contributed by atoms with Gasteiger partial charge >= 0.3 is 12.1 Å². The summed E-state index contributed by atoms with van der Waals surface area (Å²) < 4.78 is 27.5. The lowest BCUT2D eigenvalue weighted by Crippen LogP contribution is -2.21. The maximum Gasteiger partial charge on any atom is 0.399 e. The van der Waals surface area contributed by atoms with Crippen molar-refractivity contribution in [2.45, 2.75) is 26.4 Å². The molecule has 9 heavy (non-hydrogen) atoms. The number of halogens is 2. The van der Waals surface area contributed by atoms with Gasteiger partial charge in [0.05, 0.1) is 0 Å². The highest BCUT2D eigenvalue weighted by molar-refractivity contribution is 5.66. The number of hydrogen-bond acceptors (Lipinski definition) is 2. The number of carbonyl (C=O) groups is 1. The van der Waals surface area contributed by atoms with E-state index in [0.717, 1.165) is 6.92 Å². The minimum absolute atomic E-state index is 0.480. The second-order valence-corrected chi connectivity index (χ2v) is 1.58. The number of esters is 1. The van der Waals surface area contributed by atoms with Gasteiger partial charge in [-0.2, -0.15) is 8.78 Å². The number of rotatable bonds is 2. The number of carbonyl (C=O) groups excluding carboxylic acids is 1. The van der Waals surface area contributed by atoms with E-state index in [1.807, 2.05) is 0 Å². The van der Waals surface area contributed by atoms with Crippen LogP contribution in [0.1, 0.15) is 20.3 Å². The molecule has 0 atom stereocenters. The summed E-state index contributed by atoms with van der Waals surface area (Å²) in [5.41, 5.74) is 0. The second kappa shape index (κ2) is 2.75. The van der Waals surface area contributed by atoms with Gasteiger partial charge in [-0.25, -0.2) is 0 Å². The van der Waals surface area contributed by atoms with E-state index in [1.165, 1.54) is 6.92 Å². The van der Waals surface area contributed by atoms with Gasteiger partial charge in [-0.15, -0.1) is 0 Å². The van der Waals surface area contributed by atoms with Crippen LogP contribution in [0.3, 0.4) is 0 Å². The SMILES string of the molecule is CCC(F)(F)OC(C)=O. The molecular formula is C5H8F2O2. The van der Waals surface area contributed by atoms with Crippen LogP contribution in [0, 0.1) is 0 Å². The minimum Gasteiger partial charge on any atom is -0.401 e. The van der Waals surface area contributed by atoms with E-state index in [1.54, 1.807) is 0 Å². The first kappa shape index (κ1) is 8.33. The normalized spacial score (nSPS) is 11.1. The molecule has 0 saturated carbocycles. The van der Waals surface area contributed by atoms with Gasteiger partial charge in [0, 0.05) is 13.3 Å². The van der Waals surface area contributed by atoms with Gasteiger partial charge in [-0.05, 0) is 0 Å². The Bertz CT molecular complexity index is 112. The smallest absolute Gasteiger partial charge is 0.399 e. The Hall–Kier alpha value is -0.670. The van der Waals surface area contributed by atoms with Crippen molar-refractivity contribution < 1.29 is 18.3 Å². The molecule has 54 valence electrons. The summed E-state index contributed by atoms with van der Waals surface area (Å²) >= 11 is 0. The van der Waals surface area contributed by atoms with Crippen LogP contribution in [-0.4, -0.2) is 12.1 Å². The molecule has 0 fully saturated rings. The first-order chi connectivity index (χ1) is 3.98. The Morgan fingerprint density at radius 1 is 1.67 bits per heavy atom. The maximum atomic E-state index is 12.0. The van der Waals surface area contributed by atoms with Gasteiger partial charge < -0.3 is 4.74 Å². The van der Waals surface area contributed by atoms with Gasteiger partial charge in [-0.3, -0.25) is 4.79 Å². The Kier molecular flexibility index (Phi) is 2.55. The molecule has 0 aromatic rings. The highest BCUT2D eigenvalue weighted by Gasteiger charge is 2.29. The van der Waals surface area contributed by atoms with Gasteiger partial charge in [0.1, 0.15) is 0 Å². The van der Waals surface area contributed by atoms with Crippen LogP contribution in [0.2, 0.25) is 0 Å². The van der Waals surface area contributed by atoms with Crippen molar-refractivity contribution in [3.8, 4) is 0 Å². The lowest BCUT2D eigenvalue weighted by molar-refractivity contribution is -0.231. The van der Waals surface area contributed by atoms with Gasteiger partial charge in [0.15, 0.2) is 0 Å². The second-order valence-electron chi connectivity index (χ2n) is 1.58. The molecule has 0 aromatic carbocycles. The minimum atomic E-state index is -3.29. The predicted octanol–water partition coefficient (Wildman–Crippen LogP) is 1.55. The molecule has 0 amide bonds. The maximum absolute atomic E-state index is 12.0. The first-order valence-electron chi connectivity index (χ1n) is 2.55. The highest BCUT2D eigenvalue weighted by Crippen LogP contribution is 2.18. The zero-order chi connectivity index (χ0) is 7.49. The molecule has 2 nitrogen and oxygen atoms in total. The molecule has 0 aliphatic rings. The molecule has 0 unspecified atom stereocenters. The van der Waals surface area contributed by atoms with Gasteiger partial charge in [0.2, 0.25) is 0 Å². The Morgan fingerprint density at radius 3 is 2.22 bits per heavy atom. The van der Waals surface area contributed by atoms with Crippen molar-refractivity contribution in [2.24, 2.45) is 0 Å². The van der Waals surface area contributed by atoms with Crippen molar-refractivity contribution in [1.29, 1.82) is 0 Å². The molecule has 0 saturated heterocycles. The van der Waals surface area contributed by atoms with E-state index in [0.29, 0.717) is 0 Å². The van der Waals surface area contributed by atoms with Gasteiger partial charge in [-0.1, -0.05) is 6.92 Å². The lowest BCUT2D eigenvalue weighted by Gasteiger charge is -2.11. The quantitative estimate of drug-likeness (QED) is 0.541. The van der Waals surface area contributed by atoms with Crippen LogP contribution < -0.4 is 0 Å². The fraction of sp³-hybridized carbons (Fsp3) is 0.800. The first-order valence-corrected chi connectivity index (χ1v) is 2.55. The van der Waals surface area contributed by atoms with Crippen LogP contribution in [-0.2, 0) is 9.53 Å². The molecule has 0 aliphatic heterocycles. The standard InChI is InChI=1S/C5H8F2O2/c1-3-5(6,7)9-4(2)8/h3H2,1-2H3. The summed E-state index contributed by atoms with van der Waals surface area (Å²) in [5.74, 6) is -0.957. The predicted molar refractivity (Wildman–Crippen MR) is 27.0 cm³/mol. The lowest BCUT2D eigenvalue weighted by atomic mass is 10.5. The molecule has 0 aliphatic carbocycles. The third-order valence-corrected chi connectivity index (χ3v) is 0.705. The van der Waals surface area contributed by atoms with E-state index in [4.69, 9.17) is 0 Å². The summed E-state index contributed by atoms with van der Waals surface area (Å²) in [7, 11) is 0. The Morgan fingerprint density at radius 2 is 2.11 bits per heavy atom. The van der Waals surface area contributed by atoms with E-state index in [9.17, 15) is 13.6 Å². The van der Waals surface area contributed by atoms with E-state index >= 15 is 0 Å². The zero-order valence-electron chi connectivity index (χ0n) is 5.28. The molecule has 0 aromatic heterocycles. The third-order valence-electron chi connectivity index (χ3n) is 0.705. The zero-order valence-corrected chi connectivity index (χ0v) is 5.28. The van der Waals surface area contributed by atoms with Gasteiger partial charge in [0.25, 0.3) is 0 Å². The Labute approximate surface area is 51.8 Å². The van der Waals surface area contributed by atoms with Crippen LogP contribution in [0.4, 0.5) is 8.78 Å². The monoisotopic (exact) mass is 138 g/mol. The molecule has 0 N–H and O–H groups in total. The van der Waals surface area contributed by atoms with Crippen LogP contribution in [0.5, 0.6) is 0 Å². The van der Waals surface area contributed by atoms with Crippen molar-refractivity contribution in [3.05, 3.63) is 0 Å². The highest BCUT2D eigenvalue weighted by atomic mass is 19.3. The average molecular weight is 138 g/mol. The largest absolute Gasteiger partial charge is 0.401 e. The van der Waals surface area contributed by atoms with Crippen LogP contribution >= 0.6 is 0 Å². The third kappa shape index (κ3) is 3.88. The molecular weight excluding hydrogens is 130 g/mol. The van der Waals surface area contributed by atoms with Crippen LogP contribution in [0.15, 0.2) is 0 Å². The van der Waals surface area contributed by atoms with Crippen molar-refractivity contribution in [3.63, 3.8) is 0 Å². The molecule has 0 rings (SSSR count). The fourth-order valence-corrected chi connectivity index (χ4v) is 0.282. The summed E-state index contributed by atoms with van der Waals surface area (Å²) in [6, 6.07) is 0. The number of alkyl halides is 2. The molecule has 0 radical (unpaired) electrons. The van der Waals surface area contributed by atoms with Crippen LogP contribution in [0.25, 0.3) is 0 Å². The Balaban J connectivity index is 3.71. The summed E-state index contributed by atoms with van der Waals surface area (Å²) in [6.07, 6.45) is -3.77. The molecule has 4 heteroatoms. The fourth-order valence-electron chi connectivity index (χ4n) is 0.282. The average Bonchev–Trinajstić information content (AvgIpc) is 1.63. The summed E-state index contributed by atoms with van der Waals surface area (Å²) in [4.78, 5) is 9.92. The van der Waals surface area contributed by atoms with E-state index in [-0.39, 0.29) is 0 Å². The number of ether oxygens (including phenoxy) is 1. The van der Waals surface area contributed by atoms with Crippen molar-refractivity contribution >= 4 is 5.97 Å². The molecule has 0 bridgehead atoms. The summed E-state index contributed by atoms with van der Waals surface area (Å²) in [5, 5.41) is 0. The number of hydrogen-bond donors (Lipinski definition) is 0. The van der Waals surface area contributed by atoms with Crippen molar-refractivity contribution in [2.75, 3.05) is 0 Å². The van der Waals surface area contributed by atoms with Crippen molar-refractivity contribution in [1.82, 2.24) is 0 Å². The molecule has 0 heterocycles. The summed E-state index contributed by atoms with van der Waals surface area (Å²) in [6.45, 7) is 2.19.